The second-order valence-electron chi connectivity index (χ2n) is 7.45. The van der Waals surface area contributed by atoms with Crippen molar-refractivity contribution < 1.29 is 4.79 Å². The number of likely N-dealkylation sites (tertiary alicyclic amines) is 1. The zero-order valence-corrected chi connectivity index (χ0v) is 13.4. The average molecular weight is 286 g/mol. The molecule has 0 spiro atoms. The first-order valence-electron chi connectivity index (χ1n) is 8.13. The maximum atomic E-state index is 12.3. The van der Waals surface area contributed by atoms with Crippen LogP contribution in [0.1, 0.15) is 63.6 Å². The highest BCUT2D eigenvalue weighted by Gasteiger charge is 2.33. The number of hydrogen-bond donors (Lipinski definition) is 1. The molecule has 0 bridgehead atoms. The number of amides is 2. The highest BCUT2D eigenvalue weighted by atomic mass is 16.2. The van der Waals surface area contributed by atoms with Crippen LogP contribution >= 0.6 is 0 Å². The Kier molecular flexibility index (Phi) is 3.68. The molecular weight excluding hydrogens is 260 g/mol. The van der Waals surface area contributed by atoms with Gasteiger partial charge in [0.05, 0.1) is 6.04 Å². The van der Waals surface area contributed by atoms with E-state index >= 15 is 0 Å². The molecule has 1 aromatic carbocycles. The van der Waals surface area contributed by atoms with Crippen molar-refractivity contribution in [2.45, 2.75) is 64.0 Å². The number of nitrogens with one attached hydrogen (secondary N) is 1. The molecule has 1 N–H and O–H groups in total. The minimum atomic E-state index is 0.125. The van der Waals surface area contributed by atoms with E-state index in [0.717, 1.165) is 32.2 Å². The number of hydrogen-bond acceptors (Lipinski definition) is 1. The predicted molar refractivity (Wildman–Crippen MR) is 85.4 cm³/mol. The molecule has 2 fully saturated rings. The Morgan fingerprint density at radius 1 is 1.14 bits per heavy atom. The van der Waals surface area contributed by atoms with E-state index in [1.54, 1.807) is 0 Å². The minimum absolute atomic E-state index is 0.125. The molecule has 3 rings (SSSR count). The van der Waals surface area contributed by atoms with Crippen LogP contribution in [0.15, 0.2) is 24.3 Å². The summed E-state index contributed by atoms with van der Waals surface area (Å²) in [6.45, 7) is 7.57. The van der Waals surface area contributed by atoms with Gasteiger partial charge in [0.2, 0.25) is 0 Å². The first-order chi connectivity index (χ1) is 9.95. The average Bonchev–Trinajstić information content (AvgIpc) is 3.11. The molecule has 0 unspecified atom stereocenters. The van der Waals surface area contributed by atoms with Gasteiger partial charge in [-0.15, -0.1) is 0 Å². The van der Waals surface area contributed by atoms with Gasteiger partial charge in [-0.1, -0.05) is 45.0 Å². The highest BCUT2D eigenvalue weighted by Crippen LogP contribution is 2.33. The van der Waals surface area contributed by atoms with Crippen molar-refractivity contribution in [2.75, 3.05) is 6.54 Å². The van der Waals surface area contributed by atoms with Crippen molar-refractivity contribution >= 4 is 6.03 Å². The van der Waals surface area contributed by atoms with E-state index < -0.39 is 0 Å². The van der Waals surface area contributed by atoms with E-state index in [4.69, 9.17) is 0 Å². The molecule has 114 valence electrons. The van der Waals surface area contributed by atoms with Gasteiger partial charge in [0, 0.05) is 12.6 Å². The van der Waals surface area contributed by atoms with E-state index in [-0.39, 0.29) is 17.5 Å². The Hall–Kier alpha value is -1.51. The van der Waals surface area contributed by atoms with Crippen molar-refractivity contribution in [1.29, 1.82) is 0 Å². The fourth-order valence-corrected chi connectivity index (χ4v) is 3.05. The van der Waals surface area contributed by atoms with E-state index in [9.17, 15) is 4.79 Å². The van der Waals surface area contributed by atoms with Gasteiger partial charge in [-0.05, 0) is 42.2 Å². The van der Waals surface area contributed by atoms with E-state index in [2.05, 4.69) is 50.4 Å². The minimum Gasteiger partial charge on any atom is -0.335 e. The Balaban J connectivity index is 1.73. The second-order valence-corrected chi connectivity index (χ2v) is 7.45. The van der Waals surface area contributed by atoms with Gasteiger partial charge in [0.15, 0.2) is 0 Å². The first-order valence-corrected chi connectivity index (χ1v) is 8.13. The summed E-state index contributed by atoms with van der Waals surface area (Å²) in [6.07, 6.45) is 4.46. The summed E-state index contributed by atoms with van der Waals surface area (Å²) in [5.74, 6) is 0. The summed E-state index contributed by atoms with van der Waals surface area (Å²) in [6, 6.07) is 9.64. The Morgan fingerprint density at radius 2 is 1.81 bits per heavy atom. The summed E-state index contributed by atoms with van der Waals surface area (Å²) in [5, 5.41) is 3.12. The van der Waals surface area contributed by atoms with Crippen LogP contribution in [0.25, 0.3) is 0 Å². The molecule has 3 nitrogen and oxygen atoms in total. The van der Waals surface area contributed by atoms with Crippen molar-refractivity contribution in [3.63, 3.8) is 0 Å². The Morgan fingerprint density at radius 3 is 2.38 bits per heavy atom. The molecule has 1 aliphatic carbocycles. The van der Waals surface area contributed by atoms with Gasteiger partial charge in [0.25, 0.3) is 0 Å². The summed E-state index contributed by atoms with van der Waals surface area (Å²) >= 11 is 0. The number of nitrogens with zero attached hydrogens (tertiary/aromatic N) is 1. The van der Waals surface area contributed by atoms with Crippen LogP contribution in [0.3, 0.4) is 0 Å². The molecule has 2 aliphatic rings. The summed E-state index contributed by atoms with van der Waals surface area (Å²) < 4.78 is 0. The molecule has 1 aromatic rings. The van der Waals surface area contributed by atoms with Crippen LogP contribution < -0.4 is 5.32 Å². The molecule has 1 atom stereocenters. The fraction of sp³-hybridized carbons (Fsp3) is 0.611. The molecule has 3 heteroatoms. The van der Waals surface area contributed by atoms with Crippen molar-refractivity contribution in [2.24, 2.45) is 0 Å². The maximum absolute atomic E-state index is 12.3. The van der Waals surface area contributed by atoms with Gasteiger partial charge < -0.3 is 10.2 Å². The fourth-order valence-electron chi connectivity index (χ4n) is 3.05. The first kappa shape index (κ1) is 14.4. The predicted octanol–water partition coefficient (Wildman–Crippen LogP) is 3.99. The molecule has 1 heterocycles. The van der Waals surface area contributed by atoms with Crippen LogP contribution in [0.4, 0.5) is 4.79 Å². The lowest BCUT2D eigenvalue weighted by Crippen LogP contribution is -2.40. The van der Waals surface area contributed by atoms with Gasteiger partial charge in [-0.2, -0.15) is 0 Å². The zero-order valence-electron chi connectivity index (χ0n) is 13.4. The second kappa shape index (κ2) is 5.36. The van der Waals surface area contributed by atoms with Crippen LogP contribution in [-0.2, 0) is 5.41 Å². The van der Waals surface area contributed by atoms with E-state index in [0.29, 0.717) is 6.04 Å². The molecule has 21 heavy (non-hydrogen) atoms. The lowest BCUT2D eigenvalue weighted by molar-refractivity contribution is 0.192. The lowest BCUT2D eigenvalue weighted by Gasteiger charge is -2.26. The highest BCUT2D eigenvalue weighted by molar-refractivity contribution is 5.75. The molecule has 0 aromatic heterocycles. The van der Waals surface area contributed by atoms with E-state index in [1.807, 2.05) is 4.90 Å². The largest absolute Gasteiger partial charge is 0.335 e. The van der Waals surface area contributed by atoms with Gasteiger partial charge in [-0.25, -0.2) is 4.79 Å². The third kappa shape index (κ3) is 3.22. The molecule has 1 saturated heterocycles. The summed E-state index contributed by atoms with van der Waals surface area (Å²) in [4.78, 5) is 14.3. The summed E-state index contributed by atoms with van der Waals surface area (Å²) in [7, 11) is 0. The maximum Gasteiger partial charge on any atom is 0.318 e. The number of rotatable bonds is 2. The number of urea groups is 1. The molecule has 0 radical (unpaired) electrons. The smallest absolute Gasteiger partial charge is 0.318 e. The molecular formula is C18H26N2O. The molecule has 1 aliphatic heterocycles. The monoisotopic (exact) mass is 286 g/mol. The number of benzene rings is 1. The van der Waals surface area contributed by atoms with Gasteiger partial charge in [-0.3, -0.25) is 0 Å². The van der Waals surface area contributed by atoms with Crippen LogP contribution in [-0.4, -0.2) is 23.5 Å². The van der Waals surface area contributed by atoms with Crippen LogP contribution in [0.2, 0.25) is 0 Å². The van der Waals surface area contributed by atoms with Crippen LogP contribution in [0, 0.1) is 0 Å². The molecule has 2 amide bonds. The van der Waals surface area contributed by atoms with Crippen molar-refractivity contribution in [3.8, 4) is 0 Å². The summed E-state index contributed by atoms with van der Waals surface area (Å²) in [5.41, 5.74) is 2.79. The zero-order chi connectivity index (χ0) is 15.0. The molecule has 1 saturated carbocycles. The van der Waals surface area contributed by atoms with Gasteiger partial charge >= 0.3 is 6.03 Å². The Labute approximate surface area is 127 Å². The van der Waals surface area contributed by atoms with E-state index in [1.165, 1.54) is 11.1 Å². The standard InChI is InChI=1S/C18H26N2O/c1-18(2,3)14-8-6-13(7-9-14)16-5-4-12-20(16)17(21)19-15-10-11-15/h6-9,15-16H,4-5,10-12H2,1-3H3,(H,19,21)/t16-/m0/s1. The lowest BCUT2D eigenvalue weighted by atomic mass is 9.86. The van der Waals surface area contributed by atoms with Gasteiger partial charge in [0.1, 0.15) is 0 Å². The topological polar surface area (TPSA) is 32.3 Å². The normalized spacial score (nSPS) is 22.4. The van der Waals surface area contributed by atoms with Crippen molar-refractivity contribution in [1.82, 2.24) is 10.2 Å². The SMILES string of the molecule is CC(C)(C)c1ccc([C@@H]2CCCN2C(=O)NC2CC2)cc1. The third-order valence-electron chi connectivity index (χ3n) is 4.58. The number of carbonyl (C=O) groups is 1. The number of carbonyl (C=O) groups excluding carboxylic acids is 1. The Bertz CT molecular complexity index is 511. The van der Waals surface area contributed by atoms with Crippen molar-refractivity contribution in [3.05, 3.63) is 35.4 Å². The van der Waals surface area contributed by atoms with Crippen LogP contribution in [0.5, 0.6) is 0 Å². The quantitative estimate of drug-likeness (QED) is 0.876. The third-order valence-corrected chi connectivity index (χ3v) is 4.58.